The number of alkyl carbamates (subject to hydrolysis) is 1. The smallest absolute Gasteiger partial charge is 0.407 e. The Kier molecular flexibility index (Phi) is 9.36. The molecule has 4 rings (SSSR count). The summed E-state index contributed by atoms with van der Waals surface area (Å²) < 4.78 is 33.7. The Morgan fingerprint density at radius 3 is 2.60 bits per heavy atom. The first kappa shape index (κ1) is 29.4. The number of amides is 2. The minimum absolute atomic E-state index is 0.0604. The van der Waals surface area contributed by atoms with Gasteiger partial charge in [-0.2, -0.15) is 0 Å². The van der Waals surface area contributed by atoms with Gasteiger partial charge in [0.1, 0.15) is 11.4 Å². The van der Waals surface area contributed by atoms with Gasteiger partial charge in [0.05, 0.1) is 10.9 Å². The molecule has 3 N–H and O–H groups in total. The van der Waals surface area contributed by atoms with Crippen LogP contribution in [0.5, 0.6) is 0 Å². The number of ether oxygens (including phenoxy) is 1. The first-order chi connectivity index (χ1) is 19.0. The Labute approximate surface area is 236 Å². The number of oxazole rings is 1. The van der Waals surface area contributed by atoms with Crippen LogP contribution in [0.15, 0.2) is 53.2 Å². The highest BCUT2D eigenvalue weighted by Crippen LogP contribution is 2.33. The molecule has 2 unspecified atom stereocenters. The first-order valence-electron chi connectivity index (χ1n) is 13.3. The Morgan fingerprint density at radius 2 is 1.95 bits per heavy atom. The van der Waals surface area contributed by atoms with E-state index in [9.17, 15) is 18.4 Å². The van der Waals surface area contributed by atoms with Crippen molar-refractivity contribution in [1.29, 1.82) is 0 Å². The number of nitrogens with zero attached hydrogens (tertiary/aromatic N) is 2. The molecule has 1 saturated carbocycles. The SMILES string of the molecule is Cc1oc(-c2ccc(C(=O)NCc3cccnc3)cc2)nc1CC([C@@H]1CC[C@H](NC(=O)OC(C)(C)C)C1)S(=O)O. The molecule has 0 bridgehead atoms. The molecule has 2 amide bonds. The van der Waals surface area contributed by atoms with E-state index in [1.54, 1.807) is 64.4 Å². The molecule has 2 heterocycles. The second-order valence-corrected chi connectivity index (χ2v) is 12.2. The molecule has 4 atom stereocenters. The van der Waals surface area contributed by atoms with Crippen LogP contribution in [-0.2, 0) is 28.8 Å². The zero-order chi connectivity index (χ0) is 28.9. The molecule has 1 aliphatic carbocycles. The number of hydrogen-bond donors (Lipinski definition) is 3. The maximum absolute atomic E-state index is 12.5. The number of benzene rings is 1. The van der Waals surface area contributed by atoms with Crippen LogP contribution in [0.4, 0.5) is 4.79 Å². The minimum atomic E-state index is -2.08. The van der Waals surface area contributed by atoms with Gasteiger partial charge in [-0.3, -0.25) is 9.78 Å². The average molecular weight is 569 g/mol. The Balaban J connectivity index is 1.37. The van der Waals surface area contributed by atoms with Crippen molar-refractivity contribution in [2.24, 2.45) is 5.92 Å². The quantitative estimate of drug-likeness (QED) is 0.312. The molecule has 1 aromatic carbocycles. The fourth-order valence-electron chi connectivity index (χ4n) is 4.84. The maximum Gasteiger partial charge on any atom is 0.407 e. The van der Waals surface area contributed by atoms with Gasteiger partial charge in [0.15, 0.2) is 11.1 Å². The van der Waals surface area contributed by atoms with E-state index < -0.39 is 28.0 Å². The number of pyridine rings is 1. The van der Waals surface area contributed by atoms with E-state index in [1.807, 2.05) is 12.1 Å². The average Bonchev–Trinajstić information content (AvgIpc) is 3.51. The number of carbonyl (C=O) groups is 2. The molecule has 2 aromatic heterocycles. The summed E-state index contributed by atoms with van der Waals surface area (Å²) in [7, 11) is 0. The largest absolute Gasteiger partial charge is 0.444 e. The molecule has 3 aromatic rings. The molecule has 0 radical (unpaired) electrons. The number of hydrogen-bond acceptors (Lipinski definition) is 7. The molecule has 1 aliphatic rings. The van der Waals surface area contributed by atoms with E-state index in [0.717, 1.165) is 5.56 Å². The lowest BCUT2D eigenvalue weighted by Gasteiger charge is -2.22. The van der Waals surface area contributed by atoms with Crippen molar-refractivity contribution in [3.8, 4) is 11.5 Å². The summed E-state index contributed by atoms with van der Waals surface area (Å²) in [5, 5.41) is 5.20. The third-order valence-electron chi connectivity index (χ3n) is 6.84. The van der Waals surface area contributed by atoms with Gasteiger partial charge in [0.2, 0.25) is 5.89 Å². The summed E-state index contributed by atoms with van der Waals surface area (Å²) in [4.78, 5) is 33.3. The van der Waals surface area contributed by atoms with Crippen molar-refractivity contribution in [3.63, 3.8) is 0 Å². The van der Waals surface area contributed by atoms with E-state index in [2.05, 4.69) is 20.6 Å². The van der Waals surface area contributed by atoms with Crippen LogP contribution in [0.1, 0.15) is 67.4 Å². The molecule has 10 nitrogen and oxygen atoms in total. The lowest BCUT2D eigenvalue weighted by Crippen LogP contribution is -2.38. The second kappa shape index (κ2) is 12.7. The maximum atomic E-state index is 12.5. The Bertz CT molecular complexity index is 1340. The predicted molar refractivity (Wildman–Crippen MR) is 151 cm³/mol. The molecule has 214 valence electrons. The molecule has 0 aliphatic heterocycles. The van der Waals surface area contributed by atoms with Gasteiger partial charge in [0, 0.05) is 42.5 Å². The lowest BCUT2D eigenvalue weighted by atomic mass is 9.99. The molecule has 11 heteroatoms. The van der Waals surface area contributed by atoms with Crippen LogP contribution in [-0.4, -0.2) is 47.6 Å². The monoisotopic (exact) mass is 568 g/mol. The first-order valence-corrected chi connectivity index (χ1v) is 14.5. The lowest BCUT2D eigenvalue weighted by molar-refractivity contribution is 0.0504. The summed E-state index contributed by atoms with van der Waals surface area (Å²) in [5.41, 5.74) is 2.13. The van der Waals surface area contributed by atoms with Crippen molar-refractivity contribution >= 4 is 23.1 Å². The van der Waals surface area contributed by atoms with Gasteiger partial charge in [0.25, 0.3) is 5.91 Å². The van der Waals surface area contributed by atoms with Crippen LogP contribution in [0, 0.1) is 12.8 Å². The summed E-state index contributed by atoms with van der Waals surface area (Å²) in [6, 6.07) is 10.5. The number of aryl methyl sites for hydroxylation is 1. The fourth-order valence-corrected chi connectivity index (χ4v) is 5.72. The van der Waals surface area contributed by atoms with Crippen LogP contribution in [0.2, 0.25) is 0 Å². The van der Waals surface area contributed by atoms with Crippen LogP contribution in [0.3, 0.4) is 0 Å². The molecular weight excluding hydrogens is 532 g/mol. The third kappa shape index (κ3) is 7.98. The molecule has 0 saturated heterocycles. The summed E-state index contributed by atoms with van der Waals surface area (Å²) in [6.07, 6.45) is 5.19. The van der Waals surface area contributed by atoms with Gasteiger partial charge in [-0.25, -0.2) is 14.0 Å². The van der Waals surface area contributed by atoms with Gasteiger partial charge in [-0.1, -0.05) is 6.07 Å². The highest BCUT2D eigenvalue weighted by Gasteiger charge is 2.36. The van der Waals surface area contributed by atoms with Crippen molar-refractivity contribution in [3.05, 3.63) is 71.4 Å². The summed E-state index contributed by atoms with van der Waals surface area (Å²) in [6.45, 7) is 7.58. The molecule has 0 spiro atoms. The Hall–Kier alpha value is -3.57. The molecular formula is C29H36N4O6S. The van der Waals surface area contributed by atoms with Crippen molar-refractivity contribution in [1.82, 2.24) is 20.6 Å². The van der Waals surface area contributed by atoms with Crippen LogP contribution in [0.25, 0.3) is 11.5 Å². The second-order valence-electron chi connectivity index (χ2n) is 11.1. The van der Waals surface area contributed by atoms with Crippen molar-refractivity contribution in [2.75, 3.05) is 0 Å². The van der Waals surface area contributed by atoms with E-state index >= 15 is 0 Å². The number of nitrogens with one attached hydrogen (secondary N) is 2. The standard InChI is InChI=1S/C29H36N4O6S/c1-18-24(15-25(40(36)37)22-11-12-23(14-22)32-28(35)39-29(2,3)4)33-27(38-18)21-9-7-20(8-10-21)26(34)31-17-19-6-5-13-30-16-19/h5-10,13,16,22-23,25H,11-12,14-15,17H2,1-4H3,(H,31,34)(H,32,35)(H,36,37)/t22-,23+,25?/m1/s1. The normalized spacial score (nSPS) is 18.6. The van der Waals surface area contributed by atoms with E-state index in [-0.39, 0.29) is 24.3 Å². The number of rotatable bonds is 9. The molecule has 40 heavy (non-hydrogen) atoms. The van der Waals surface area contributed by atoms with Crippen LogP contribution >= 0.6 is 0 Å². The van der Waals surface area contributed by atoms with Crippen molar-refractivity contribution < 1.29 is 27.5 Å². The fraction of sp³-hybridized carbons (Fsp3) is 0.448. The van der Waals surface area contributed by atoms with Gasteiger partial charge < -0.3 is 24.3 Å². The Morgan fingerprint density at radius 1 is 1.20 bits per heavy atom. The predicted octanol–water partition coefficient (Wildman–Crippen LogP) is 4.80. The van der Waals surface area contributed by atoms with Gasteiger partial charge >= 0.3 is 6.09 Å². The van der Waals surface area contributed by atoms with E-state index in [4.69, 9.17) is 9.15 Å². The highest BCUT2D eigenvalue weighted by atomic mass is 32.2. The number of aromatic nitrogens is 2. The summed E-state index contributed by atoms with van der Waals surface area (Å²) >= 11 is -2.08. The third-order valence-corrected chi connectivity index (χ3v) is 7.91. The van der Waals surface area contributed by atoms with Crippen LogP contribution < -0.4 is 10.6 Å². The highest BCUT2D eigenvalue weighted by molar-refractivity contribution is 7.79. The van der Waals surface area contributed by atoms with Gasteiger partial charge in [-0.05, 0) is 88.8 Å². The minimum Gasteiger partial charge on any atom is -0.444 e. The van der Waals surface area contributed by atoms with E-state index in [0.29, 0.717) is 54.3 Å². The summed E-state index contributed by atoms with van der Waals surface area (Å²) in [5.74, 6) is 0.692. The molecule has 1 fully saturated rings. The number of carbonyl (C=O) groups excluding carboxylic acids is 2. The van der Waals surface area contributed by atoms with E-state index in [1.165, 1.54) is 0 Å². The van der Waals surface area contributed by atoms with Crippen molar-refractivity contribution in [2.45, 2.75) is 76.8 Å². The zero-order valence-electron chi connectivity index (χ0n) is 23.2. The zero-order valence-corrected chi connectivity index (χ0v) is 24.0. The van der Waals surface area contributed by atoms with Gasteiger partial charge in [-0.15, -0.1) is 0 Å². The topological polar surface area (TPSA) is 144 Å².